The maximum absolute atomic E-state index is 12.9. The van der Waals surface area contributed by atoms with E-state index in [0.717, 1.165) is 38.6 Å². The van der Waals surface area contributed by atoms with Crippen molar-refractivity contribution in [1.29, 1.82) is 0 Å². The average Bonchev–Trinajstić information content (AvgIpc) is 2.77. The fraction of sp³-hybridized carbons (Fsp3) is 0.933. The fourth-order valence-corrected chi connectivity index (χ4v) is 4.00. The van der Waals surface area contributed by atoms with Crippen molar-refractivity contribution in [2.75, 3.05) is 12.4 Å². The average molecular weight is 272 g/mol. The summed E-state index contributed by atoms with van der Waals surface area (Å²) in [6.07, 6.45) is 10.3. The van der Waals surface area contributed by atoms with Gasteiger partial charge in [0, 0.05) is 23.9 Å². The normalized spacial score (nSPS) is 28.1. The van der Waals surface area contributed by atoms with E-state index in [1.54, 1.807) is 0 Å². The molecule has 3 heteroatoms. The van der Waals surface area contributed by atoms with E-state index in [1.807, 2.05) is 0 Å². The van der Waals surface area contributed by atoms with Crippen LogP contribution in [0.2, 0.25) is 0 Å². The van der Waals surface area contributed by atoms with E-state index < -0.39 is 0 Å². The molecule has 1 aliphatic carbocycles. The predicted octanol–water partition coefficient (Wildman–Crippen LogP) is 3.97. The summed E-state index contributed by atoms with van der Waals surface area (Å²) < 4.78 is 0. The second kappa shape index (κ2) is 6.27. The van der Waals surface area contributed by atoms with Gasteiger partial charge in [0.2, 0.25) is 5.91 Å². The Bertz CT molecular complexity index is 286. The highest BCUT2D eigenvalue weighted by Gasteiger charge is 2.43. The zero-order chi connectivity index (χ0) is 13.0. The van der Waals surface area contributed by atoms with E-state index in [4.69, 9.17) is 11.6 Å². The second-order valence-corrected chi connectivity index (χ2v) is 6.31. The van der Waals surface area contributed by atoms with Crippen molar-refractivity contribution in [3.8, 4) is 0 Å². The van der Waals surface area contributed by atoms with Gasteiger partial charge in [-0.3, -0.25) is 4.79 Å². The Morgan fingerprint density at radius 3 is 2.56 bits per heavy atom. The SMILES string of the molecule is CCC1(C(=O)N2CCCCCC2CCl)CCCC1. The zero-order valence-corrected chi connectivity index (χ0v) is 12.3. The van der Waals surface area contributed by atoms with Crippen LogP contribution in [0.4, 0.5) is 0 Å². The van der Waals surface area contributed by atoms with Gasteiger partial charge in [-0.25, -0.2) is 0 Å². The molecule has 1 amide bonds. The maximum atomic E-state index is 12.9. The number of amides is 1. The third-order valence-corrected chi connectivity index (χ3v) is 5.36. The summed E-state index contributed by atoms with van der Waals surface area (Å²) in [5.74, 6) is 1.01. The molecule has 0 N–H and O–H groups in total. The molecule has 0 bridgehead atoms. The number of hydrogen-bond acceptors (Lipinski definition) is 1. The molecule has 1 saturated heterocycles. The molecule has 0 spiro atoms. The zero-order valence-electron chi connectivity index (χ0n) is 11.6. The van der Waals surface area contributed by atoms with E-state index in [9.17, 15) is 4.79 Å². The number of halogens is 1. The lowest BCUT2D eigenvalue weighted by molar-refractivity contribution is -0.144. The van der Waals surface area contributed by atoms with E-state index in [-0.39, 0.29) is 11.5 Å². The minimum Gasteiger partial charge on any atom is -0.338 e. The molecule has 104 valence electrons. The highest BCUT2D eigenvalue weighted by molar-refractivity contribution is 6.18. The lowest BCUT2D eigenvalue weighted by atomic mass is 9.81. The first-order valence-electron chi connectivity index (χ1n) is 7.60. The van der Waals surface area contributed by atoms with Crippen LogP contribution in [0.25, 0.3) is 0 Å². The molecule has 1 unspecified atom stereocenters. The van der Waals surface area contributed by atoms with Crippen molar-refractivity contribution in [2.45, 2.75) is 70.8 Å². The molecule has 1 aliphatic heterocycles. The monoisotopic (exact) mass is 271 g/mol. The molecule has 2 aliphatic rings. The Morgan fingerprint density at radius 1 is 1.22 bits per heavy atom. The molecule has 0 aromatic heterocycles. The summed E-state index contributed by atoms with van der Waals surface area (Å²) in [4.78, 5) is 15.1. The number of carbonyl (C=O) groups excluding carboxylic acids is 1. The molecule has 18 heavy (non-hydrogen) atoms. The first kappa shape index (κ1) is 14.2. The van der Waals surface area contributed by atoms with Gasteiger partial charge >= 0.3 is 0 Å². The molecule has 2 fully saturated rings. The first-order valence-corrected chi connectivity index (χ1v) is 8.14. The second-order valence-electron chi connectivity index (χ2n) is 6.00. The molecule has 0 radical (unpaired) electrons. The number of alkyl halides is 1. The van der Waals surface area contributed by atoms with Gasteiger partial charge in [0.1, 0.15) is 0 Å². The van der Waals surface area contributed by atoms with Crippen LogP contribution in [0.3, 0.4) is 0 Å². The van der Waals surface area contributed by atoms with E-state index >= 15 is 0 Å². The van der Waals surface area contributed by atoms with Crippen molar-refractivity contribution < 1.29 is 4.79 Å². The van der Waals surface area contributed by atoms with Gasteiger partial charge in [0.05, 0.1) is 0 Å². The summed E-state index contributed by atoms with van der Waals surface area (Å²) in [5, 5.41) is 0. The molecular weight excluding hydrogens is 246 g/mol. The summed E-state index contributed by atoms with van der Waals surface area (Å²) in [5.41, 5.74) is -0.0470. The van der Waals surface area contributed by atoms with Crippen molar-refractivity contribution in [3.63, 3.8) is 0 Å². The van der Waals surface area contributed by atoms with E-state index in [2.05, 4.69) is 11.8 Å². The molecular formula is C15H26ClNO. The highest BCUT2D eigenvalue weighted by atomic mass is 35.5. The summed E-state index contributed by atoms with van der Waals surface area (Å²) >= 11 is 6.09. The van der Waals surface area contributed by atoms with Crippen molar-refractivity contribution in [3.05, 3.63) is 0 Å². The van der Waals surface area contributed by atoms with Gasteiger partial charge in [-0.05, 0) is 32.1 Å². The third kappa shape index (κ3) is 2.68. The first-order chi connectivity index (χ1) is 8.73. The number of likely N-dealkylation sites (tertiary alicyclic amines) is 1. The van der Waals surface area contributed by atoms with Crippen LogP contribution in [0, 0.1) is 5.41 Å². The largest absolute Gasteiger partial charge is 0.338 e. The summed E-state index contributed by atoms with van der Waals surface area (Å²) in [7, 11) is 0. The minimum atomic E-state index is -0.0470. The fourth-order valence-electron chi connectivity index (χ4n) is 3.68. The van der Waals surface area contributed by atoms with Crippen molar-refractivity contribution >= 4 is 17.5 Å². The summed E-state index contributed by atoms with van der Waals surface area (Å²) in [6, 6.07) is 0.283. The minimum absolute atomic E-state index is 0.0470. The molecule has 1 saturated carbocycles. The standard InChI is InChI=1S/C15H26ClNO/c1-2-15(9-5-6-10-15)14(18)17-11-7-3-4-8-13(17)12-16/h13H,2-12H2,1H3. The van der Waals surface area contributed by atoms with Crippen LogP contribution in [0.1, 0.15) is 64.7 Å². The van der Waals surface area contributed by atoms with Crippen molar-refractivity contribution in [1.82, 2.24) is 4.90 Å². The Kier molecular flexibility index (Phi) is 4.94. The van der Waals surface area contributed by atoms with E-state index in [1.165, 1.54) is 25.7 Å². The third-order valence-electron chi connectivity index (χ3n) is 5.01. The van der Waals surface area contributed by atoms with Crippen LogP contribution in [0.15, 0.2) is 0 Å². The highest BCUT2D eigenvalue weighted by Crippen LogP contribution is 2.43. The van der Waals surface area contributed by atoms with Gasteiger partial charge < -0.3 is 4.90 Å². The van der Waals surface area contributed by atoms with Gasteiger partial charge in [-0.15, -0.1) is 11.6 Å². The number of hydrogen-bond donors (Lipinski definition) is 0. The lowest BCUT2D eigenvalue weighted by Gasteiger charge is -2.37. The van der Waals surface area contributed by atoms with E-state index in [0.29, 0.717) is 11.8 Å². The lowest BCUT2D eigenvalue weighted by Crippen LogP contribution is -2.48. The summed E-state index contributed by atoms with van der Waals surface area (Å²) in [6.45, 7) is 3.11. The van der Waals surface area contributed by atoms with Crippen molar-refractivity contribution in [2.24, 2.45) is 5.41 Å². The van der Waals surface area contributed by atoms with Gasteiger partial charge in [0.25, 0.3) is 0 Å². The Balaban J connectivity index is 2.13. The topological polar surface area (TPSA) is 20.3 Å². The van der Waals surface area contributed by atoms with Gasteiger partial charge in [0.15, 0.2) is 0 Å². The Hall–Kier alpha value is -0.240. The van der Waals surface area contributed by atoms with Gasteiger partial charge in [-0.1, -0.05) is 32.6 Å². The predicted molar refractivity (Wildman–Crippen MR) is 75.9 cm³/mol. The van der Waals surface area contributed by atoms with Crippen LogP contribution in [0.5, 0.6) is 0 Å². The van der Waals surface area contributed by atoms with Crippen LogP contribution < -0.4 is 0 Å². The molecule has 2 rings (SSSR count). The van der Waals surface area contributed by atoms with Crippen LogP contribution >= 0.6 is 11.6 Å². The smallest absolute Gasteiger partial charge is 0.229 e. The quantitative estimate of drug-likeness (QED) is 0.712. The Labute approximate surface area is 116 Å². The molecule has 2 nitrogen and oxygen atoms in total. The number of rotatable bonds is 3. The van der Waals surface area contributed by atoms with Gasteiger partial charge in [-0.2, -0.15) is 0 Å². The molecule has 0 aromatic carbocycles. The van der Waals surface area contributed by atoms with Crippen LogP contribution in [-0.2, 0) is 4.79 Å². The van der Waals surface area contributed by atoms with Crippen LogP contribution in [-0.4, -0.2) is 29.3 Å². The number of carbonyl (C=O) groups is 1. The maximum Gasteiger partial charge on any atom is 0.229 e. The Morgan fingerprint density at radius 2 is 1.94 bits per heavy atom. The number of nitrogens with zero attached hydrogens (tertiary/aromatic N) is 1. The molecule has 1 atom stereocenters. The molecule has 1 heterocycles. The molecule has 0 aromatic rings.